The second-order valence-corrected chi connectivity index (χ2v) is 6.49. The molecule has 6 heteroatoms. The van der Waals surface area contributed by atoms with Crippen molar-refractivity contribution in [3.8, 4) is 0 Å². The van der Waals surface area contributed by atoms with E-state index in [1.165, 1.54) is 0 Å². The molecule has 3 rings (SSSR count). The number of halogens is 1. The lowest BCUT2D eigenvalue weighted by atomic mass is 10.0. The minimum atomic E-state index is -0.579. The van der Waals surface area contributed by atoms with Gasteiger partial charge in [-0.15, -0.1) is 0 Å². The molecule has 130 valence electrons. The summed E-state index contributed by atoms with van der Waals surface area (Å²) >= 11 is 6.12. The fourth-order valence-corrected chi connectivity index (χ4v) is 3.30. The zero-order valence-corrected chi connectivity index (χ0v) is 14.5. The number of carbonyl (C=O) groups is 2. The Kier molecular flexibility index (Phi) is 5.24. The van der Waals surface area contributed by atoms with Gasteiger partial charge in [0.05, 0.1) is 10.6 Å². The standard InChI is InChI=1S/C19H20ClN3O2/c20-16-12-14(8-9-15(16)18(21)24)22-17(13-6-2-1-3-7-13)19(25)23-10-4-5-11-23/h1-3,6-9,12,17,22H,4-5,10-11H2,(H2,21,24). The molecule has 2 aromatic rings. The van der Waals surface area contributed by atoms with Gasteiger partial charge in [-0.05, 0) is 36.6 Å². The molecular weight excluding hydrogens is 338 g/mol. The predicted molar refractivity (Wildman–Crippen MR) is 98.6 cm³/mol. The van der Waals surface area contributed by atoms with Gasteiger partial charge in [0.25, 0.3) is 0 Å². The van der Waals surface area contributed by atoms with Crippen molar-refractivity contribution in [3.63, 3.8) is 0 Å². The Balaban J connectivity index is 1.88. The number of nitrogens with zero attached hydrogens (tertiary/aromatic N) is 1. The molecule has 1 atom stereocenters. The van der Waals surface area contributed by atoms with E-state index in [1.807, 2.05) is 35.2 Å². The number of rotatable bonds is 5. The van der Waals surface area contributed by atoms with Gasteiger partial charge in [0, 0.05) is 18.8 Å². The van der Waals surface area contributed by atoms with Crippen molar-refractivity contribution in [1.29, 1.82) is 0 Å². The van der Waals surface area contributed by atoms with Crippen LogP contribution in [0.2, 0.25) is 5.02 Å². The maximum absolute atomic E-state index is 13.0. The number of nitrogens with two attached hydrogens (primary N) is 1. The summed E-state index contributed by atoms with van der Waals surface area (Å²) in [6.07, 6.45) is 2.07. The molecule has 1 aliphatic rings. The van der Waals surface area contributed by atoms with Crippen LogP contribution in [0.25, 0.3) is 0 Å². The van der Waals surface area contributed by atoms with Crippen molar-refractivity contribution in [3.05, 3.63) is 64.7 Å². The zero-order valence-electron chi connectivity index (χ0n) is 13.7. The average molecular weight is 358 g/mol. The van der Waals surface area contributed by atoms with E-state index in [-0.39, 0.29) is 16.5 Å². The topological polar surface area (TPSA) is 75.4 Å². The van der Waals surface area contributed by atoms with E-state index in [4.69, 9.17) is 17.3 Å². The van der Waals surface area contributed by atoms with Crippen LogP contribution in [0.15, 0.2) is 48.5 Å². The van der Waals surface area contributed by atoms with Gasteiger partial charge < -0.3 is 16.0 Å². The van der Waals surface area contributed by atoms with Gasteiger partial charge in [0.15, 0.2) is 0 Å². The molecule has 0 spiro atoms. The molecule has 0 radical (unpaired) electrons. The van der Waals surface area contributed by atoms with E-state index in [1.54, 1.807) is 18.2 Å². The van der Waals surface area contributed by atoms with Gasteiger partial charge >= 0.3 is 0 Å². The SMILES string of the molecule is NC(=O)c1ccc(NC(C(=O)N2CCCC2)c2ccccc2)cc1Cl. The second-order valence-electron chi connectivity index (χ2n) is 6.08. The van der Waals surface area contributed by atoms with Crippen LogP contribution in [0.3, 0.4) is 0 Å². The number of benzene rings is 2. The summed E-state index contributed by atoms with van der Waals surface area (Å²) < 4.78 is 0. The van der Waals surface area contributed by atoms with E-state index in [9.17, 15) is 9.59 Å². The summed E-state index contributed by atoms with van der Waals surface area (Å²) in [6, 6.07) is 14.0. The highest BCUT2D eigenvalue weighted by Gasteiger charge is 2.27. The maximum atomic E-state index is 13.0. The highest BCUT2D eigenvalue weighted by Crippen LogP contribution is 2.27. The van der Waals surface area contributed by atoms with Crippen molar-refractivity contribution in [2.75, 3.05) is 18.4 Å². The van der Waals surface area contributed by atoms with E-state index >= 15 is 0 Å². The highest BCUT2D eigenvalue weighted by molar-refractivity contribution is 6.34. The van der Waals surface area contributed by atoms with Crippen molar-refractivity contribution in [2.45, 2.75) is 18.9 Å². The third kappa shape index (κ3) is 3.94. The monoisotopic (exact) mass is 357 g/mol. The van der Waals surface area contributed by atoms with E-state index in [2.05, 4.69) is 5.32 Å². The summed E-state index contributed by atoms with van der Waals surface area (Å²) in [6.45, 7) is 1.57. The van der Waals surface area contributed by atoms with Gasteiger partial charge in [0.2, 0.25) is 11.8 Å². The largest absolute Gasteiger partial charge is 0.370 e. The number of nitrogens with one attached hydrogen (secondary N) is 1. The number of hydrogen-bond donors (Lipinski definition) is 2. The van der Waals surface area contributed by atoms with Crippen molar-refractivity contribution in [2.24, 2.45) is 5.73 Å². The van der Waals surface area contributed by atoms with Crippen LogP contribution in [-0.4, -0.2) is 29.8 Å². The van der Waals surface area contributed by atoms with Crippen LogP contribution >= 0.6 is 11.6 Å². The van der Waals surface area contributed by atoms with Crippen LogP contribution in [0.4, 0.5) is 5.69 Å². The lowest BCUT2D eigenvalue weighted by Crippen LogP contribution is -2.36. The lowest BCUT2D eigenvalue weighted by Gasteiger charge is -2.25. The van der Waals surface area contributed by atoms with Crippen molar-refractivity contribution >= 4 is 29.1 Å². The molecule has 0 saturated carbocycles. The number of likely N-dealkylation sites (tertiary alicyclic amines) is 1. The Morgan fingerprint density at radius 1 is 1.08 bits per heavy atom. The molecule has 1 unspecified atom stereocenters. The summed E-state index contributed by atoms with van der Waals surface area (Å²) in [4.78, 5) is 26.2. The quantitative estimate of drug-likeness (QED) is 0.862. The normalized spacial score (nSPS) is 15.0. The molecule has 1 heterocycles. The molecule has 1 fully saturated rings. The number of primary amides is 1. The molecule has 5 nitrogen and oxygen atoms in total. The summed E-state index contributed by atoms with van der Waals surface area (Å²) in [5.74, 6) is -0.539. The number of carbonyl (C=O) groups excluding carboxylic acids is 2. The third-order valence-electron chi connectivity index (χ3n) is 4.34. The summed E-state index contributed by atoms with van der Waals surface area (Å²) in [5.41, 5.74) is 7.09. The molecular formula is C19H20ClN3O2. The highest BCUT2D eigenvalue weighted by atomic mass is 35.5. The molecule has 2 amide bonds. The van der Waals surface area contributed by atoms with Crippen LogP contribution in [0.1, 0.15) is 34.8 Å². The maximum Gasteiger partial charge on any atom is 0.250 e. The van der Waals surface area contributed by atoms with Crippen molar-refractivity contribution < 1.29 is 9.59 Å². The third-order valence-corrected chi connectivity index (χ3v) is 4.66. The van der Waals surface area contributed by atoms with Crippen LogP contribution in [-0.2, 0) is 4.79 Å². The first-order valence-electron chi connectivity index (χ1n) is 8.26. The minimum Gasteiger partial charge on any atom is -0.370 e. The molecule has 0 aromatic heterocycles. The number of anilines is 1. The Morgan fingerprint density at radius 2 is 1.76 bits per heavy atom. The van der Waals surface area contributed by atoms with Crippen LogP contribution in [0.5, 0.6) is 0 Å². The van der Waals surface area contributed by atoms with E-state index < -0.39 is 11.9 Å². The van der Waals surface area contributed by atoms with Gasteiger partial charge in [-0.3, -0.25) is 9.59 Å². The molecule has 2 aromatic carbocycles. The molecule has 3 N–H and O–H groups in total. The lowest BCUT2D eigenvalue weighted by molar-refractivity contribution is -0.131. The van der Waals surface area contributed by atoms with Crippen LogP contribution < -0.4 is 11.1 Å². The van der Waals surface area contributed by atoms with E-state index in [0.717, 1.165) is 31.5 Å². The summed E-state index contributed by atoms with van der Waals surface area (Å²) in [7, 11) is 0. The van der Waals surface area contributed by atoms with Gasteiger partial charge in [-0.1, -0.05) is 41.9 Å². The molecule has 0 aliphatic carbocycles. The second kappa shape index (κ2) is 7.57. The van der Waals surface area contributed by atoms with Crippen LogP contribution in [0, 0.1) is 0 Å². The Labute approximate surface area is 151 Å². The van der Waals surface area contributed by atoms with Gasteiger partial charge in [0.1, 0.15) is 6.04 Å². The van der Waals surface area contributed by atoms with E-state index in [0.29, 0.717) is 5.69 Å². The van der Waals surface area contributed by atoms with Gasteiger partial charge in [-0.2, -0.15) is 0 Å². The van der Waals surface area contributed by atoms with Gasteiger partial charge in [-0.25, -0.2) is 0 Å². The molecule has 1 aliphatic heterocycles. The molecule has 0 bridgehead atoms. The average Bonchev–Trinajstić information content (AvgIpc) is 3.14. The Bertz CT molecular complexity index is 773. The fourth-order valence-electron chi connectivity index (χ4n) is 3.02. The first kappa shape index (κ1) is 17.3. The molecule has 1 saturated heterocycles. The smallest absolute Gasteiger partial charge is 0.250 e. The Hall–Kier alpha value is -2.53. The fraction of sp³-hybridized carbons (Fsp3) is 0.263. The van der Waals surface area contributed by atoms with Crippen molar-refractivity contribution in [1.82, 2.24) is 4.90 Å². The zero-order chi connectivity index (χ0) is 17.8. The summed E-state index contributed by atoms with van der Waals surface area (Å²) in [5, 5.41) is 3.51. The number of hydrogen-bond acceptors (Lipinski definition) is 3. The first-order valence-corrected chi connectivity index (χ1v) is 8.63. The Morgan fingerprint density at radius 3 is 2.36 bits per heavy atom. The predicted octanol–water partition coefficient (Wildman–Crippen LogP) is 3.21. The molecule has 25 heavy (non-hydrogen) atoms. The first-order chi connectivity index (χ1) is 12.1. The minimum absolute atomic E-state index is 0.0406. The number of amides is 2.